The SMILES string of the molecule is O=C(O)CCCCCC(NC(=O)NCCc1ccccc1)C(=O)O. The van der Waals surface area contributed by atoms with E-state index in [2.05, 4.69) is 10.6 Å². The van der Waals surface area contributed by atoms with Crippen LogP contribution in [-0.4, -0.2) is 40.8 Å². The van der Waals surface area contributed by atoms with E-state index < -0.39 is 24.0 Å². The van der Waals surface area contributed by atoms with E-state index in [0.29, 0.717) is 32.2 Å². The van der Waals surface area contributed by atoms with Gasteiger partial charge in [-0.3, -0.25) is 4.79 Å². The molecular weight excluding hydrogens is 312 g/mol. The third-order valence-electron chi connectivity index (χ3n) is 3.53. The topological polar surface area (TPSA) is 116 Å². The van der Waals surface area contributed by atoms with Gasteiger partial charge in [-0.2, -0.15) is 0 Å². The molecule has 0 aromatic heterocycles. The van der Waals surface area contributed by atoms with Crippen molar-refractivity contribution in [2.24, 2.45) is 0 Å². The Morgan fingerprint density at radius 2 is 1.71 bits per heavy atom. The molecule has 0 aliphatic carbocycles. The Morgan fingerprint density at radius 3 is 2.33 bits per heavy atom. The van der Waals surface area contributed by atoms with Gasteiger partial charge in [0.05, 0.1) is 0 Å². The number of nitrogens with one attached hydrogen (secondary N) is 2. The molecule has 0 saturated carbocycles. The van der Waals surface area contributed by atoms with Crippen LogP contribution in [0.2, 0.25) is 0 Å². The van der Waals surface area contributed by atoms with Crippen molar-refractivity contribution in [1.82, 2.24) is 10.6 Å². The van der Waals surface area contributed by atoms with Crippen LogP contribution in [0.4, 0.5) is 4.79 Å². The van der Waals surface area contributed by atoms with Crippen molar-refractivity contribution in [2.45, 2.75) is 44.6 Å². The minimum Gasteiger partial charge on any atom is -0.481 e. The number of unbranched alkanes of at least 4 members (excludes halogenated alkanes) is 2. The van der Waals surface area contributed by atoms with Crippen molar-refractivity contribution in [1.29, 1.82) is 0 Å². The van der Waals surface area contributed by atoms with E-state index >= 15 is 0 Å². The fraction of sp³-hybridized carbons (Fsp3) is 0.471. The average molecular weight is 336 g/mol. The van der Waals surface area contributed by atoms with Crippen molar-refractivity contribution in [3.05, 3.63) is 35.9 Å². The molecule has 0 aliphatic heterocycles. The zero-order valence-electron chi connectivity index (χ0n) is 13.5. The van der Waals surface area contributed by atoms with Gasteiger partial charge in [-0.1, -0.05) is 43.2 Å². The number of carbonyl (C=O) groups is 3. The Labute approximate surface area is 141 Å². The predicted octanol–water partition coefficient (Wildman–Crippen LogP) is 2.02. The smallest absolute Gasteiger partial charge is 0.326 e. The van der Waals surface area contributed by atoms with E-state index in [-0.39, 0.29) is 12.8 Å². The predicted molar refractivity (Wildman–Crippen MR) is 88.8 cm³/mol. The van der Waals surface area contributed by atoms with Gasteiger partial charge >= 0.3 is 18.0 Å². The Balaban J connectivity index is 2.24. The number of carboxylic acids is 2. The lowest BCUT2D eigenvalue weighted by molar-refractivity contribution is -0.139. The zero-order chi connectivity index (χ0) is 17.8. The van der Waals surface area contributed by atoms with E-state index in [1.54, 1.807) is 0 Å². The van der Waals surface area contributed by atoms with Crippen molar-refractivity contribution >= 4 is 18.0 Å². The van der Waals surface area contributed by atoms with Gasteiger partial charge in [0, 0.05) is 13.0 Å². The summed E-state index contributed by atoms with van der Waals surface area (Å²) in [4.78, 5) is 33.3. The molecule has 132 valence electrons. The molecule has 0 fully saturated rings. The van der Waals surface area contributed by atoms with Gasteiger partial charge in [0.1, 0.15) is 6.04 Å². The van der Waals surface area contributed by atoms with Gasteiger partial charge in [-0.15, -0.1) is 0 Å². The number of hydrogen-bond acceptors (Lipinski definition) is 3. The van der Waals surface area contributed by atoms with Gasteiger partial charge < -0.3 is 20.8 Å². The lowest BCUT2D eigenvalue weighted by Gasteiger charge is -2.15. The molecule has 1 rings (SSSR count). The molecule has 2 amide bonds. The molecule has 0 radical (unpaired) electrons. The molecular formula is C17H24N2O5. The molecule has 7 nitrogen and oxygen atoms in total. The van der Waals surface area contributed by atoms with Crippen LogP contribution in [0.15, 0.2) is 30.3 Å². The lowest BCUT2D eigenvalue weighted by Crippen LogP contribution is -2.46. The quantitative estimate of drug-likeness (QED) is 0.461. The van der Waals surface area contributed by atoms with Crippen LogP contribution in [-0.2, 0) is 16.0 Å². The molecule has 1 aromatic rings. The number of carboxylic acid groups (broad SMARTS) is 2. The summed E-state index contributed by atoms with van der Waals surface area (Å²) >= 11 is 0. The number of carbonyl (C=O) groups excluding carboxylic acids is 1. The standard InChI is InChI=1S/C17H24N2O5/c20-15(21)10-6-2-5-9-14(16(22)23)19-17(24)18-12-11-13-7-3-1-4-8-13/h1,3-4,7-8,14H,2,5-6,9-12H2,(H,20,21)(H,22,23)(H2,18,19,24). The van der Waals surface area contributed by atoms with Crippen molar-refractivity contribution in [3.8, 4) is 0 Å². The summed E-state index contributed by atoms with van der Waals surface area (Å²) in [5.41, 5.74) is 1.09. The van der Waals surface area contributed by atoms with Crippen LogP contribution in [0.3, 0.4) is 0 Å². The highest BCUT2D eigenvalue weighted by atomic mass is 16.4. The molecule has 1 aromatic carbocycles. The number of rotatable bonds is 11. The molecule has 24 heavy (non-hydrogen) atoms. The maximum absolute atomic E-state index is 11.8. The maximum atomic E-state index is 11.8. The molecule has 0 spiro atoms. The van der Waals surface area contributed by atoms with Gasteiger partial charge in [0.15, 0.2) is 0 Å². The van der Waals surface area contributed by atoms with Gasteiger partial charge in [-0.05, 0) is 24.8 Å². The normalized spacial score (nSPS) is 11.5. The van der Waals surface area contributed by atoms with Gasteiger partial charge in [0.25, 0.3) is 0 Å². The van der Waals surface area contributed by atoms with Crippen LogP contribution in [0, 0.1) is 0 Å². The summed E-state index contributed by atoms with van der Waals surface area (Å²) in [6, 6.07) is 8.18. The van der Waals surface area contributed by atoms with Crippen molar-refractivity contribution < 1.29 is 24.6 Å². The first-order chi connectivity index (χ1) is 11.5. The van der Waals surface area contributed by atoms with E-state index in [0.717, 1.165) is 5.56 Å². The van der Waals surface area contributed by atoms with E-state index in [1.807, 2.05) is 30.3 Å². The molecule has 1 atom stereocenters. The fourth-order valence-electron chi connectivity index (χ4n) is 2.23. The lowest BCUT2D eigenvalue weighted by atomic mass is 10.1. The first-order valence-corrected chi connectivity index (χ1v) is 8.02. The van der Waals surface area contributed by atoms with Gasteiger partial charge in [-0.25, -0.2) is 9.59 Å². The Bertz CT molecular complexity index is 533. The Morgan fingerprint density at radius 1 is 1.00 bits per heavy atom. The molecule has 0 heterocycles. The summed E-state index contributed by atoms with van der Waals surface area (Å²) in [5, 5.41) is 22.7. The molecule has 7 heteroatoms. The molecule has 1 unspecified atom stereocenters. The molecule has 0 saturated heterocycles. The summed E-state index contributed by atoms with van der Waals surface area (Å²) in [7, 11) is 0. The number of amides is 2. The van der Waals surface area contributed by atoms with Crippen molar-refractivity contribution in [2.75, 3.05) is 6.54 Å². The molecule has 0 aliphatic rings. The highest BCUT2D eigenvalue weighted by Crippen LogP contribution is 2.06. The zero-order valence-corrected chi connectivity index (χ0v) is 13.5. The highest BCUT2D eigenvalue weighted by molar-refractivity contribution is 5.82. The second kappa shape index (κ2) is 11.0. The van der Waals surface area contributed by atoms with Crippen LogP contribution >= 0.6 is 0 Å². The largest absolute Gasteiger partial charge is 0.481 e. The number of aliphatic carboxylic acids is 2. The van der Waals surface area contributed by atoms with Gasteiger partial charge in [0.2, 0.25) is 0 Å². The summed E-state index contributed by atoms with van der Waals surface area (Å²) in [6.45, 7) is 0.417. The Kier molecular flexibility index (Phi) is 8.96. The number of hydrogen-bond donors (Lipinski definition) is 4. The maximum Gasteiger partial charge on any atom is 0.326 e. The molecule has 0 bridgehead atoms. The van der Waals surface area contributed by atoms with Crippen LogP contribution < -0.4 is 10.6 Å². The fourth-order valence-corrected chi connectivity index (χ4v) is 2.23. The summed E-state index contributed by atoms with van der Waals surface area (Å²) in [5.74, 6) is -1.95. The van der Waals surface area contributed by atoms with Crippen LogP contribution in [0.5, 0.6) is 0 Å². The number of urea groups is 1. The summed E-state index contributed by atoms with van der Waals surface area (Å²) in [6.07, 6.45) is 2.69. The third kappa shape index (κ3) is 8.77. The Hall–Kier alpha value is -2.57. The first-order valence-electron chi connectivity index (χ1n) is 8.02. The van der Waals surface area contributed by atoms with E-state index in [1.165, 1.54) is 0 Å². The summed E-state index contributed by atoms with van der Waals surface area (Å²) < 4.78 is 0. The highest BCUT2D eigenvalue weighted by Gasteiger charge is 2.19. The number of benzene rings is 1. The second-order valence-corrected chi connectivity index (χ2v) is 5.52. The van der Waals surface area contributed by atoms with Crippen molar-refractivity contribution in [3.63, 3.8) is 0 Å². The average Bonchev–Trinajstić information content (AvgIpc) is 2.54. The third-order valence-corrected chi connectivity index (χ3v) is 3.53. The minimum absolute atomic E-state index is 0.0745. The second-order valence-electron chi connectivity index (χ2n) is 5.52. The first kappa shape index (κ1) is 19.5. The van der Waals surface area contributed by atoms with E-state index in [9.17, 15) is 14.4 Å². The van der Waals surface area contributed by atoms with E-state index in [4.69, 9.17) is 10.2 Å². The molecule has 4 N–H and O–H groups in total. The minimum atomic E-state index is -1.09. The van der Waals surface area contributed by atoms with Crippen LogP contribution in [0.25, 0.3) is 0 Å². The van der Waals surface area contributed by atoms with Crippen LogP contribution in [0.1, 0.15) is 37.7 Å². The monoisotopic (exact) mass is 336 g/mol.